The van der Waals surface area contributed by atoms with E-state index >= 15 is 0 Å². The van der Waals surface area contributed by atoms with E-state index in [4.69, 9.17) is 23.7 Å². The molecule has 57 heavy (non-hydrogen) atoms. The molecule has 0 bridgehead atoms. The molecule has 19 atom stereocenters. The van der Waals surface area contributed by atoms with Crippen molar-refractivity contribution >= 4 is 0 Å². The van der Waals surface area contributed by atoms with Gasteiger partial charge in [0.2, 0.25) is 5.79 Å². The van der Waals surface area contributed by atoms with Gasteiger partial charge in [0.05, 0.1) is 38.1 Å². The van der Waals surface area contributed by atoms with Crippen LogP contribution < -0.4 is 0 Å². The molecule has 5 aliphatic carbocycles. The zero-order valence-corrected chi connectivity index (χ0v) is 35.2. The Kier molecular flexibility index (Phi) is 11.6. The maximum absolute atomic E-state index is 12.1. The number of allylic oxidation sites excluding steroid dienone is 1. The molecule has 0 amide bonds. The molecule has 7 aliphatic rings. The van der Waals surface area contributed by atoms with Crippen molar-refractivity contribution in [3.8, 4) is 0 Å². The smallest absolute Gasteiger partial charge is 0.221 e. The molecule has 2 heterocycles. The molecule has 0 radical (unpaired) electrons. The molecule has 14 heteroatoms. The molecular formula is C43H72O14. The van der Waals surface area contributed by atoms with Crippen LogP contribution in [0.15, 0.2) is 11.6 Å². The van der Waals surface area contributed by atoms with Crippen LogP contribution in [-0.4, -0.2) is 153 Å². The number of aliphatic hydroxyl groups is 9. The molecule has 14 nitrogen and oxygen atoms in total. The lowest BCUT2D eigenvalue weighted by atomic mass is 9.33. The van der Waals surface area contributed by atoms with Crippen molar-refractivity contribution in [2.45, 2.75) is 173 Å². The van der Waals surface area contributed by atoms with Crippen LogP contribution in [0, 0.1) is 50.2 Å². The Bertz CT molecular complexity index is 1510. The van der Waals surface area contributed by atoms with E-state index in [1.54, 1.807) is 7.11 Å². The molecule has 7 rings (SSSR count). The normalized spacial score (nSPS) is 54.2. The summed E-state index contributed by atoms with van der Waals surface area (Å²) in [6, 6.07) is 0. The van der Waals surface area contributed by atoms with E-state index in [-0.39, 0.29) is 52.1 Å². The fourth-order valence-electron chi connectivity index (χ4n) is 14.2. The van der Waals surface area contributed by atoms with Gasteiger partial charge in [-0.15, -0.1) is 0 Å². The Morgan fingerprint density at radius 3 is 2.07 bits per heavy atom. The zero-order chi connectivity index (χ0) is 41.9. The summed E-state index contributed by atoms with van der Waals surface area (Å²) in [5.41, 5.74) is -0.461. The van der Waals surface area contributed by atoms with Gasteiger partial charge in [0.15, 0.2) is 6.29 Å². The highest BCUT2D eigenvalue weighted by molar-refractivity contribution is 5.37. The van der Waals surface area contributed by atoms with E-state index in [9.17, 15) is 46.0 Å². The predicted molar refractivity (Wildman–Crippen MR) is 205 cm³/mol. The van der Waals surface area contributed by atoms with E-state index in [1.165, 1.54) is 5.57 Å². The third-order valence-electron chi connectivity index (χ3n) is 17.7. The van der Waals surface area contributed by atoms with Crippen molar-refractivity contribution in [2.24, 2.45) is 50.2 Å². The number of methoxy groups -OCH3 is 1. The molecular weight excluding hydrogens is 740 g/mol. The largest absolute Gasteiger partial charge is 0.396 e. The van der Waals surface area contributed by atoms with Crippen LogP contribution >= 0.6 is 0 Å². The van der Waals surface area contributed by atoms with Gasteiger partial charge in [-0.05, 0) is 90.3 Å². The standard InChI is InChI=1S/C43H72O14/c1-37(2)13-14-42(20-46)23(16-37)22-15-24(53-8)34-39(5)11-10-29(38(3,4)27(39)9-12-40(34,6)41(22,7)17-28(42)48)57-43(21-47)35(52)33(26(19-45)56-43)55-36-32(51)31(50)30(49)25(18-44)54-36/h15,23-36,44-52H,9-14,16-21H2,1-8H3/t23?,24?,25-,26-,27?,28?,29?,30-,31+,32-,33-,34?,35+,36+,39?,40?,41?,42?,43+/m1/s1. The SMILES string of the molecule is COC1C=C2C3CC(C)(C)CCC3(CO)C(O)CC2(C)C2(C)CCC3C(C)(C)C(O[C@]4(CO)O[C@H](CO)[C@@H](O[C@@H]5O[C@H](CO)[C@@H](O)[C@H](O)[C@H]5O)[C@@H]4O)CCC3(C)C12. The summed E-state index contributed by atoms with van der Waals surface area (Å²) in [6.45, 7) is 14.0. The van der Waals surface area contributed by atoms with Gasteiger partial charge < -0.3 is 69.6 Å². The van der Waals surface area contributed by atoms with Gasteiger partial charge in [0.25, 0.3) is 0 Å². The number of ether oxygens (including phenoxy) is 5. The average molecular weight is 813 g/mol. The Balaban J connectivity index is 1.17. The number of hydrogen-bond acceptors (Lipinski definition) is 14. The minimum Gasteiger partial charge on any atom is -0.396 e. The van der Waals surface area contributed by atoms with Gasteiger partial charge >= 0.3 is 0 Å². The molecule has 0 aromatic rings. The minimum atomic E-state index is -2.01. The third kappa shape index (κ3) is 6.32. The van der Waals surface area contributed by atoms with E-state index in [2.05, 4.69) is 54.5 Å². The monoisotopic (exact) mass is 812 g/mol. The second-order valence-electron chi connectivity index (χ2n) is 21.2. The molecule has 0 aromatic carbocycles. The zero-order valence-electron chi connectivity index (χ0n) is 35.2. The maximum Gasteiger partial charge on any atom is 0.221 e. The molecule has 4 saturated carbocycles. The first-order valence-electron chi connectivity index (χ1n) is 21.4. The van der Waals surface area contributed by atoms with E-state index in [0.29, 0.717) is 12.8 Å². The predicted octanol–water partition coefficient (Wildman–Crippen LogP) is 1.39. The third-order valence-corrected chi connectivity index (χ3v) is 17.7. The van der Waals surface area contributed by atoms with Crippen molar-refractivity contribution < 1.29 is 69.6 Å². The summed E-state index contributed by atoms with van der Waals surface area (Å²) in [5.74, 6) is -1.77. The average Bonchev–Trinajstić information content (AvgIpc) is 3.42. The summed E-state index contributed by atoms with van der Waals surface area (Å²) in [5, 5.41) is 97.1. The second-order valence-corrected chi connectivity index (χ2v) is 21.2. The molecule has 328 valence electrons. The molecule has 9 N–H and O–H groups in total. The highest BCUT2D eigenvalue weighted by Gasteiger charge is 2.72. The lowest BCUT2D eigenvalue weighted by molar-refractivity contribution is -0.330. The lowest BCUT2D eigenvalue weighted by Crippen LogP contribution is -2.70. The molecule has 10 unspecified atom stereocenters. The minimum absolute atomic E-state index is 0.0388. The van der Waals surface area contributed by atoms with Gasteiger partial charge in [-0.25, -0.2) is 0 Å². The molecule has 2 saturated heterocycles. The Morgan fingerprint density at radius 1 is 0.772 bits per heavy atom. The van der Waals surface area contributed by atoms with Crippen LogP contribution in [0.5, 0.6) is 0 Å². The molecule has 6 fully saturated rings. The van der Waals surface area contributed by atoms with E-state index < -0.39 is 97.7 Å². The second kappa shape index (κ2) is 14.9. The van der Waals surface area contributed by atoms with Crippen molar-refractivity contribution in [3.63, 3.8) is 0 Å². The van der Waals surface area contributed by atoms with Gasteiger partial charge in [-0.1, -0.05) is 60.1 Å². The van der Waals surface area contributed by atoms with Crippen LogP contribution in [0.3, 0.4) is 0 Å². The summed E-state index contributed by atoms with van der Waals surface area (Å²) < 4.78 is 30.8. The van der Waals surface area contributed by atoms with E-state index in [0.717, 1.165) is 38.5 Å². The Labute approximate surface area is 337 Å². The summed E-state index contributed by atoms with van der Waals surface area (Å²) in [4.78, 5) is 0. The Morgan fingerprint density at radius 2 is 1.46 bits per heavy atom. The quantitative estimate of drug-likeness (QED) is 0.150. The van der Waals surface area contributed by atoms with Gasteiger partial charge in [-0.2, -0.15) is 0 Å². The lowest BCUT2D eigenvalue weighted by Gasteiger charge is -2.73. The number of aliphatic hydroxyl groups excluding tert-OH is 9. The molecule has 0 spiro atoms. The fourth-order valence-corrected chi connectivity index (χ4v) is 14.2. The van der Waals surface area contributed by atoms with Crippen molar-refractivity contribution in [1.82, 2.24) is 0 Å². The number of hydrogen-bond donors (Lipinski definition) is 9. The summed E-state index contributed by atoms with van der Waals surface area (Å²) in [6.07, 6.45) is -4.87. The maximum atomic E-state index is 12.1. The van der Waals surface area contributed by atoms with Crippen molar-refractivity contribution in [2.75, 3.05) is 33.5 Å². The Hall–Kier alpha value is -0.820. The summed E-state index contributed by atoms with van der Waals surface area (Å²) in [7, 11) is 1.80. The first-order chi connectivity index (χ1) is 26.6. The highest BCUT2D eigenvalue weighted by Crippen LogP contribution is 2.76. The molecule has 2 aliphatic heterocycles. The van der Waals surface area contributed by atoms with Crippen LogP contribution in [0.2, 0.25) is 0 Å². The topological polar surface area (TPSA) is 228 Å². The highest BCUT2D eigenvalue weighted by atomic mass is 16.8. The van der Waals surface area contributed by atoms with Gasteiger partial charge in [0.1, 0.15) is 49.3 Å². The van der Waals surface area contributed by atoms with Crippen LogP contribution in [0.4, 0.5) is 0 Å². The van der Waals surface area contributed by atoms with Crippen LogP contribution in [0.1, 0.15) is 99.8 Å². The van der Waals surface area contributed by atoms with Crippen molar-refractivity contribution in [1.29, 1.82) is 0 Å². The van der Waals surface area contributed by atoms with Crippen molar-refractivity contribution in [3.05, 3.63) is 11.6 Å². The number of rotatable bonds is 9. The van der Waals surface area contributed by atoms with Gasteiger partial charge in [0, 0.05) is 18.4 Å². The fraction of sp³-hybridized carbons (Fsp3) is 0.953. The van der Waals surface area contributed by atoms with E-state index in [1.807, 2.05) is 0 Å². The van der Waals surface area contributed by atoms with Crippen LogP contribution in [0.25, 0.3) is 0 Å². The number of fused-ring (bicyclic) bond motifs is 7. The van der Waals surface area contributed by atoms with Crippen LogP contribution in [-0.2, 0) is 23.7 Å². The first-order valence-corrected chi connectivity index (χ1v) is 21.4. The molecule has 0 aromatic heterocycles. The van der Waals surface area contributed by atoms with Gasteiger partial charge in [-0.3, -0.25) is 0 Å². The summed E-state index contributed by atoms with van der Waals surface area (Å²) >= 11 is 0. The first kappa shape index (κ1) is 44.2.